The summed E-state index contributed by atoms with van der Waals surface area (Å²) in [5.41, 5.74) is 6.63. The Kier molecular flexibility index (Phi) is 25.7. The number of aryl methyl sites for hydroxylation is 6. The van der Waals surface area contributed by atoms with Gasteiger partial charge >= 0.3 is 0 Å². The maximum Gasteiger partial charge on any atom is 0.152 e. The highest BCUT2D eigenvalue weighted by atomic mass is 35.5. The minimum absolute atomic E-state index is 0.0407. The quantitative estimate of drug-likeness (QED) is 0.0935. The van der Waals surface area contributed by atoms with Crippen molar-refractivity contribution in [3.05, 3.63) is 176 Å². The Bertz CT molecular complexity index is 3130. The highest BCUT2D eigenvalue weighted by Crippen LogP contribution is 2.39. The second kappa shape index (κ2) is 27.9. The molecule has 17 heteroatoms. The molecule has 0 spiro atoms. The summed E-state index contributed by atoms with van der Waals surface area (Å²) in [4.78, 5) is 0. The lowest BCUT2D eigenvalue weighted by atomic mass is 10.1. The van der Waals surface area contributed by atoms with Crippen LogP contribution in [0.3, 0.4) is 0 Å². The Balaban J connectivity index is 0.000000438. The maximum atomic E-state index is 13.4. The largest absolute Gasteiger partial charge is 0.319 e. The van der Waals surface area contributed by atoms with Crippen molar-refractivity contribution in [2.75, 3.05) is 80.0 Å². The van der Waals surface area contributed by atoms with Gasteiger partial charge in [-0.05, 0) is 199 Å². The van der Waals surface area contributed by atoms with E-state index in [0.29, 0.717) is 15.9 Å². The average Bonchev–Trinajstić information content (AvgIpc) is 3.23. The molecular weight excluding hydrogens is 1070 g/mol. The Hall–Kier alpha value is -3.73. The van der Waals surface area contributed by atoms with Crippen LogP contribution in [0.1, 0.15) is 38.9 Å². The van der Waals surface area contributed by atoms with Gasteiger partial charge in [-0.15, -0.1) is 6.42 Å². The van der Waals surface area contributed by atoms with E-state index in [1.54, 1.807) is 116 Å². The van der Waals surface area contributed by atoms with Crippen molar-refractivity contribution >= 4 is 86.3 Å². The molecule has 0 saturated carbocycles. The normalized spacial score (nSPS) is 11.5. The van der Waals surface area contributed by atoms with Gasteiger partial charge in [-0.3, -0.25) is 0 Å². The lowest BCUT2D eigenvalue weighted by Gasteiger charge is -2.10. The first-order valence-corrected chi connectivity index (χ1v) is 38.7. The highest BCUT2D eigenvalue weighted by Gasteiger charge is 2.20. The molecule has 0 radical (unpaired) electrons. The third-order valence-corrected chi connectivity index (χ3v) is 19.7. The van der Waals surface area contributed by atoms with Crippen molar-refractivity contribution in [2.24, 2.45) is 0 Å². The third-order valence-electron chi connectivity index (χ3n) is 10.3. The predicted molar refractivity (Wildman–Crippen MR) is 314 cm³/mol. The van der Waals surface area contributed by atoms with E-state index < -0.39 is 48.7 Å². The van der Waals surface area contributed by atoms with Crippen molar-refractivity contribution in [3.8, 4) is 12.3 Å². The van der Waals surface area contributed by atoms with Gasteiger partial charge in [0.15, 0.2) is 5.82 Å². The summed E-state index contributed by atoms with van der Waals surface area (Å²) in [5.74, 6) is 0.924. The van der Waals surface area contributed by atoms with E-state index in [2.05, 4.69) is 5.92 Å². The van der Waals surface area contributed by atoms with E-state index in [9.17, 15) is 45.0 Å². The van der Waals surface area contributed by atoms with Crippen LogP contribution >= 0.6 is 54.5 Å². The second-order valence-corrected chi connectivity index (χ2v) is 39.6. The smallest absolute Gasteiger partial charge is 0.152 e. The fraction of sp³-hybridized carbons (Fsp3) is 0.321. The molecule has 0 atom stereocenters. The molecule has 0 bridgehead atoms. The third kappa shape index (κ3) is 23.8. The zero-order chi connectivity index (χ0) is 56.8. The molecule has 0 amide bonds. The summed E-state index contributed by atoms with van der Waals surface area (Å²) >= 11 is 5.63. The standard InChI is InChI=1S/C11H13OP.C9H11ClFOP.3C9H12FOP.C9H13OP/c1-5-10-8-9(2)6-7-11(10)13(3,4)12;1-6-4-7(10)9(11)8(5-6)13(2,3)12;1-7-4-5-9(8(10)6-7)12(2,3)11;2*1-7-4-5-8(10)9(6-7)12(2,3)11;1-8-4-6-9(7-5-8)11(2,3)10/h1,6-8H,2-4H3;4-5H,1-3H3;3*4-6H,1-3H3;4-7H,1-3H3. The van der Waals surface area contributed by atoms with Crippen molar-refractivity contribution < 1.29 is 45.0 Å². The Morgan fingerprint density at radius 1 is 0.356 bits per heavy atom. The predicted octanol–water partition coefficient (Wildman–Crippen LogP) is 14.6. The van der Waals surface area contributed by atoms with Gasteiger partial charge in [-0.25, -0.2) is 17.6 Å². The first kappa shape index (κ1) is 67.3. The molecule has 0 heterocycles. The van der Waals surface area contributed by atoms with Crippen LogP contribution in [0.15, 0.2) is 109 Å². The molecule has 0 saturated heterocycles. The van der Waals surface area contributed by atoms with Gasteiger partial charge in [0.2, 0.25) is 0 Å². The van der Waals surface area contributed by atoms with E-state index in [1.807, 2.05) is 77.1 Å². The number of benzene rings is 6. The molecule has 0 fully saturated rings. The minimum Gasteiger partial charge on any atom is -0.319 e. The summed E-state index contributed by atoms with van der Waals surface area (Å²) in [7, 11) is -14.2. The van der Waals surface area contributed by atoms with Crippen molar-refractivity contribution in [3.63, 3.8) is 0 Å². The summed E-state index contributed by atoms with van der Waals surface area (Å²) < 4.78 is 122. The zero-order valence-corrected chi connectivity index (χ0v) is 51.6. The molecule has 6 aromatic rings. The van der Waals surface area contributed by atoms with Gasteiger partial charge < -0.3 is 27.4 Å². The van der Waals surface area contributed by atoms with Gasteiger partial charge in [0.05, 0.1) is 5.02 Å². The van der Waals surface area contributed by atoms with Gasteiger partial charge in [0.25, 0.3) is 0 Å². The molecular formula is C56H73ClF4O6P6. The molecule has 6 rings (SSSR count). The minimum atomic E-state index is -2.57. The number of terminal acetylenes is 1. The van der Waals surface area contributed by atoms with Crippen molar-refractivity contribution in [1.29, 1.82) is 0 Å². The molecule has 0 aliphatic rings. The number of halogens is 5. The number of rotatable bonds is 6. The molecule has 0 aliphatic carbocycles. The van der Waals surface area contributed by atoms with Crippen LogP contribution in [0.25, 0.3) is 0 Å². The van der Waals surface area contributed by atoms with E-state index in [0.717, 1.165) is 44.0 Å². The van der Waals surface area contributed by atoms with Gasteiger partial charge in [-0.1, -0.05) is 82.7 Å². The van der Waals surface area contributed by atoms with E-state index in [-0.39, 0.29) is 27.8 Å². The lowest BCUT2D eigenvalue weighted by molar-refractivity contribution is 0.583. The molecule has 0 N–H and O–H groups in total. The summed E-state index contributed by atoms with van der Waals surface area (Å²) in [5, 5.41) is 3.08. The van der Waals surface area contributed by atoms with Gasteiger partial charge in [0.1, 0.15) is 60.3 Å². The Morgan fingerprint density at radius 3 is 1.03 bits per heavy atom. The molecule has 6 aromatic carbocycles. The molecule has 398 valence electrons. The van der Waals surface area contributed by atoms with E-state index in [1.165, 1.54) is 43.2 Å². The topological polar surface area (TPSA) is 102 Å². The Morgan fingerprint density at radius 2 is 0.685 bits per heavy atom. The second-order valence-electron chi connectivity index (χ2n) is 20.1. The van der Waals surface area contributed by atoms with Crippen LogP contribution in [0.5, 0.6) is 0 Å². The average molecular weight is 1140 g/mol. The number of hydrogen-bond donors (Lipinski definition) is 0. The SMILES string of the molecule is C#Cc1cc(C)ccc1P(C)(C)=O.Cc1cc(Cl)c(F)c(P(C)(C)=O)c1.Cc1ccc(F)c(P(C)(C)=O)c1.Cc1ccc(F)c(P(C)(C)=O)c1.Cc1ccc(P(C)(C)=O)c(F)c1.Cc1ccc(P(C)(C)=O)cc1. The molecule has 0 aliphatic heterocycles. The van der Waals surface area contributed by atoms with Crippen molar-refractivity contribution in [2.45, 2.75) is 41.5 Å². The first-order chi connectivity index (χ1) is 33.0. The fourth-order valence-corrected chi connectivity index (χ4v) is 13.0. The van der Waals surface area contributed by atoms with Gasteiger partial charge in [-0.2, -0.15) is 0 Å². The van der Waals surface area contributed by atoms with Crippen LogP contribution < -0.4 is 31.8 Å². The number of hydrogen-bond acceptors (Lipinski definition) is 6. The Labute approximate surface area is 439 Å². The molecule has 0 unspecified atom stereocenters. The van der Waals surface area contributed by atoms with Crippen molar-refractivity contribution in [1.82, 2.24) is 0 Å². The lowest BCUT2D eigenvalue weighted by Crippen LogP contribution is -2.09. The maximum absolute atomic E-state index is 13.4. The monoisotopic (exact) mass is 1140 g/mol. The van der Waals surface area contributed by atoms with E-state index >= 15 is 0 Å². The van der Waals surface area contributed by atoms with Crippen LogP contribution in [0.2, 0.25) is 5.02 Å². The molecule has 6 nitrogen and oxygen atoms in total. The summed E-state index contributed by atoms with van der Waals surface area (Å²) in [6, 6.07) is 30.9. The molecule has 73 heavy (non-hydrogen) atoms. The first-order valence-electron chi connectivity index (χ1n) is 22.7. The van der Waals surface area contributed by atoms with Crippen LogP contribution in [-0.4, -0.2) is 80.0 Å². The highest BCUT2D eigenvalue weighted by molar-refractivity contribution is 7.71. The fourth-order valence-electron chi connectivity index (χ4n) is 6.36. The van der Waals surface area contributed by atoms with Crippen LogP contribution in [0, 0.1) is 77.2 Å². The van der Waals surface area contributed by atoms with E-state index in [4.69, 9.17) is 18.0 Å². The van der Waals surface area contributed by atoms with Gasteiger partial charge in [0, 0.05) is 37.4 Å². The zero-order valence-electron chi connectivity index (χ0n) is 45.5. The molecule has 0 aromatic heterocycles. The van der Waals surface area contributed by atoms with Crippen LogP contribution in [0.4, 0.5) is 17.6 Å². The van der Waals surface area contributed by atoms with Crippen LogP contribution in [-0.2, 0) is 27.4 Å². The summed E-state index contributed by atoms with van der Waals surface area (Å²) in [6.07, 6.45) is 5.35. The summed E-state index contributed by atoms with van der Waals surface area (Å²) in [6.45, 7) is 30.9.